The van der Waals surface area contributed by atoms with Gasteiger partial charge < -0.3 is 4.74 Å². The van der Waals surface area contributed by atoms with Crippen molar-refractivity contribution < 1.29 is 4.74 Å². The van der Waals surface area contributed by atoms with Gasteiger partial charge in [0.15, 0.2) is 0 Å². The lowest BCUT2D eigenvalue weighted by Crippen LogP contribution is -2.29. The second-order valence-corrected chi connectivity index (χ2v) is 4.30. The summed E-state index contributed by atoms with van der Waals surface area (Å²) in [6.45, 7) is 9.09. The second kappa shape index (κ2) is 2.87. The minimum Gasteiger partial charge on any atom is -0.496 e. The summed E-state index contributed by atoms with van der Waals surface area (Å²) in [6.07, 6.45) is 1.11. The summed E-state index contributed by atoms with van der Waals surface area (Å²) in [7, 11) is 0. The van der Waals surface area contributed by atoms with Gasteiger partial charge in [-0.05, 0) is 13.3 Å². The van der Waals surface area contributed by atoms with E-state index in [1.54, 1.807) is 0 Å². The average Bonchev–Trinajstić information content (AvgIpc) is 1.96. The normalized spacial score (nSPS) is 33.6. The van der Waals surface area contributed by atoms with E-state index in [0.717, 1.165) is 24.5 Å². The number of thioether (sulfide) groups is 1. The lowest BCUT2D eigenvalue weighted by molar-refractivity contribution is 0.198. The highest BCUT2D eigenvalue weighted by atomic mass is 32.2. The topological polar surface area (TPSA) is 9.23 Å². The van der Waals surface area contributed by atoms with Crippen LogP contribution in [-0.4, -0.2) is 17.1 Å². The van der Waals surface area contributed by atoms with Gasteiger partial charge in [0.05, 0.1) is 11.4 Å². The highest BCUT2D eigenvalue weighted by Crippen LogP contribution is 2.38. The van der Waals surface area contributed by atoms with Gasteiger partial charge in [0.25, 0.3) is 0 Å². The van der Waals surface area contributed by atoms with Crippen LogP contribution in [0, 0.1) is 0 Å². The summed E-state index contributed by atoms with van der Waals surface area (Å²) >= 11 is 1.95. The van der Waals surface area contributed by atoms with Crippen LogP contribution in [0.15, 0.2) is 12.3 Å². The molecule has 0 aliphatic carbocycles. The number of ether oxygens (including phenoxy) is 1. The highest BCUT2D eigenvalue weighted by Gasteiger charge is 2.30. The van der Waals surface area contributed by atoms with E-state index < -0.39 is 0 Å². The van der Waals surface area contributed by atoms with Crippen LogP contribution in [0.25, 0.3) is 0 Å². The van der Waals surface area contributed by atoms with Crippen LogP contribution >= 0.6 is 11.8 Å². The summed E-state index contributed by atoms with van der Waals surface area (Å²) in [4.78, 5) is 0. The first-order valence-corrected chi connectivity index (χ1v) is 4.64. The van der Waals surface area contributed by atoms with Crippen molar-refractivity contribution in [3.63, 3.8) is 0 Å². The highest BCUT2D eigenvalue weighted by molar-refractivity contribution is 8.00. The largest absolute Gasteiger partial charge is 0.496 e. The zero-order chi connectivity index (χ0) is 7.61. The van der Waals surface area contributed by atoms with Crippen molar-refractivity contribution in [1.82, 2.24) is 0 Å². The standard InChI is InChI=1S/C8H14OS/c1-4-8(3)7(2)9-5-6-10-8/h2,4-6H2,1,3H3. The van der Waals surface area contributed by atoms with Gasteiger partial charge in [-0.25, -0.2) is 0 Å². The van der Waals surface area contributed by atoms with Crippen molar-refractivity contribution in [2.24, 2.45) is 0 Å². The molecule has 0 N–H and O–H groups in total. The van der Waals surface area contributed by atoms with Gasteiger partial charge >= 0.3 is 0 Å². The van der Waals surface area contributed by atoms with E-state index in [9.17, 15) is 0 Å². The Labute approximate surface area is 66.8 Å². The predicted octanol–water partition coefficient (Wildman–Crippen LogP) is 2.43. The minimum absolute atomic E-state index is 0.179. The molecule has 58 valence electrons. The zero-order valence-corrected chi connectivity index (χ0v) is 7.46. The Hall–Kier alpha value is -0.110. The van der Waals surface area contributed by atoms with E-state index in [1.807, 2.05) is 11.8 Å². The summed E-state index contributed by atoms with van der Waals surface area (Å²) in [5, 5.41) is 0. The maximum absolute atomic E-state index is 5.37. The van der Waals surface area contributed by atoms with Crippen molar-refractivity contribution in [3.8, 4) is 0 Å². The Kier molecular flexibility index (Phi) is 2.29. The molecule has 1 aliphatic heterocycles. The molecular weight excluding hydrogens is 144 g/mol. The third kappa shape index (κ3) is 1.31. The summed E-state index contributed by atoms with van der Waals surface area (Å²) in [5.74, 6) is 2.05. The van der Waals surface area contributed by atoms with Crippen molar-refractivity contribution >= 4 is 11.8 Å². The van der Waals surface area contributed by atoms with Crippen LogP contribution < -0.4 is 0 Å². The van der Waals surface area contributed by atoms with E-state index in [2.05, 4.69) is 20.4 Å². The maximum Gasteiger partial charge on any atom is 0.105 e. The number of hydrogen-bond donors (Lipinski definition) is 0. The summed E-state index contributed by atoms with van der Waals surface area (Å²) in [5.41, 5.74) is 0. The van der Waals surface area contributed by atoms with Crippen LogP contribution in [-0.2, 0) is 4.74 Å². The van der Waals surface area contributed by atoms with Crippen LogP contribution in [0.1, 0.15) is 20.3 Å². The predicted molar refractivity (Wildman–Crippen MR) is 46.2 cm³/mol. The van der Waals surface area contributed by atoms with Crippen molar-refractivity contribution in [1.29, 1.82) is 0 Å². The number of rotatable bonds is 1. The van der Waals surface area contributed by atoms with E-state index in [-0.39, 0.29) is 4.75 Å². The molecule has 1 nitrogen and oxygen atoms in total. The molecule has 1 unspecified atom stereocenters. The monoisotopic (exact) mass is 158 g/mol. The van der Waals surface area contributed by atoms with Gasteiger partial charge in [-0.15, -0.1) is 11.8 Å². The van der Waals surface area contributed by atoms with E-state index in [1.165, 1.54) is 0 Å². The van der Waals surface area contributed by atoms with E-state index in [0.29, 0.717) is 0 Å². The van der Waals surface area contributed by atoms with E-state index >= 15 is 0 Å². The fourth-order valence-corrected chi connectivity index (χ4v) is 2.01. The van der Waals surface area contributed by atoms with Crippen LogP contribution in [0.3, 0.4) is 0 Å². The molecule has 1 atom stereocenters. The van der Waals surface area contributed by atoms with Crippen LogP contribution in [0.5, 0.6) is 0 Å². The Balaban J connectivity index is 2.63. The molecule has 0 spiro atoms. The molecular formula is C8H14OS. The lowest BCUT2D eigenvalue weighted by atomic mass is 10.1. The Bertz CT molecular complexity index is 144. The SMILES string of the molecule is C=C1OCCSC1(C)CC. The Morgan fingerprint density at radius 1 is 1.80 bits per heavy atom. The quantitative estimate of drug-likeness (QED) is 0.579. The third-order valence-corrected chi connectivity index (χ3v) is 3.57. The molecule has 0 radical (unpaired) electrons. The van der Waals surface area contributed by atoms with Gasteiger partial charge in [-0.3, -0.25) is 0 Å². The Morgan fingerprint density at radius 3 is 2.90 bits per heavy atom. The molecule has 1 saturated heterocycles. The lowest BCUT2D eigenvalue weighted by Gasteiger charge is -2.33. The molecule has 1 rings (SSSR count). The van der Waals surface area contributed by atoms with Crippen LogP contribution in [0.2, 0.25) is 0 Å². The first-order chi connectivity index (χ1) is 4.69. The molecule has 0 amide bonds. The maximum atomic E-state index is 5.37. The second-order valence-electron chi connectivity index (χ2n) is 2.70. The molecule has 1 heterocycles. The summed E-state index contributed by atoms with van der Waals surface area (Å²) < 4.78 is 5.55. The Morgan fingerprint density at radius 2 is 2.50 bits per heavy atom. The molecule has 0 aromatic carbocycles. The molecule has 1 aliphatic rings. The smallest absolute Gasteiger partial charge is 0.105 e. The van der Waals surface area contributed by atoms with Gasteiger partial charge in [-0.1, -0.05) is 13.5 Å². The zero-order valence-electron chi connectivity index (χ0n) is 6.64. The van der Waals surface area contributed by atoms with Gasteiger partial charge in [0, 0.05) is 5.75 Å². The van der Waals surface area contributed by atoms with Crippen molar-refractivity contribution in [3.05, 3.63) is 12.3 Å². The van der Waals surface area contributed by atoms with Crippen molar-refractivity contribution in [2.45, 2.75) is 25.0 Å². The van der Waals surface area contributed by atoms with Gasteiger partial charge in [-0.2, -0.15) is 0 Å². The van der Waals surface area contributed by atoms with Gasteiger partial charge in [0.1, 0.15) is 5.76 Å². The fourth-order valence-electron chi connectivity index (χ4n) is 0.964. The molecule has 0 saturated carbocycles. The average molecular weight is 158 g/mol. The third-order valence-electron chi connectivity index (χ3n) is 2.04. The molecule has 2 heteroatoms. The summed E-state index contributed by atoms with van der Waals surface area (Å²) in [6, 6.07) is 0. The molecule has 0 aromatic rings. The number of hydrogen-bond acceptors (Lipinski definition) is 2. The van der Waals surface area contributed by atoms with Crippen molar-refractivity contribution in [2.75, 3.05) is 12.4 Å². The van der Waals surface area contributed by atoms with Gasteiger partial charge in [0.2, 0.25) is 0 Å². The molecule has 1 fully saturated rings. The molecule has 10 heavy (non-hydrogen) atoms. The first-order valence-electron chi connectivity index (χ1n) is 3.65. The minimum atomic E-state index is 0.179. The van der Waals surface area contributed by atoms with E-state index in [4.69, 9.17) is 4.74 Å². The molecule has 0 aromatic heterocycles. The fraction of sp³-hybridized carbons (Fsp3) is 0.750. The van der Waals surface area contributed by atoms with Crippen LogP contribution in [0.4, 0.5) is 0 Å². The first kappa shape index (κ1) is 7.99. The molecule has 0 bridgehead atoms.